The van der Waals surface area contributed by atoms with E-state index in [-0.39, 0.29) is 18.2 Å². The summed E-state index contributed by atoms with van der Waals surface area (Å²) in [6, 6.07) is 0.110. The summed E-state index contributed by atoms with van der Waals surface area (Å²) in [5.74, 6) is 0. The predicted octanol–water partition coefficient (Wildman–Crippen LogP) is 0.998. The number of rotatable bonds is 7. The first-order valence-corrected chi connectivity index (χ1v) is 8.20. The molecule has 0 spiro atoms. The standard InChI is InChI=1S/C16H32N2O5/c1-12(17-9-14(19)11-21-5)8-13-10-22-7-6-18(13)15(20)23-16(2,3)4/h12-14,17,19H,6-11H2,1-5H3. The highest BCUT2D eigenvalue weighted by Gasteiger charge is 2.31. The Morgan fingerprint density at radius 3 is 2.78 bits per heavy atom. The minimum atomic E-state index is -0.535. The molecule has 0 bridgehead atoms. The molecule has 0 saturated carbocycles. The number of morpholine rings is 1. The number of hydrogen-bond donors (Lipinski definition) is 2. The highest BCUT2D eigenvalue weighted by Crippen LogP contribution is 2.17. The molecule has 2 N–H and O–H groups in total. The molecule has 1 saturated heterocycles. The molecule has 0 aromatic carbocycles. The summed E-state index contributed by atoms with van der Waals surface area (Å²) in [5.41, 5.74) is -0.506. The Morgan fingerprint density at radius 2 is 2.17 bits per heavy atom. The molecule has 0 radical (unpaired) electrons. The Hall–Kier alpha value is -0.890. The first-order chi connectivity index (χ1) is 10.7. The van der Waals surface area contributed by atoms with E-state index < -0.39 is 11.7 Å². The van der Waals surface area contributed by atoms with Crippen LogP contribution in [0.5, 0.6) is 0 Å². The van der Waals surface area contributed by atoms with Gasteiger partial charge in [-0.15, -0.1) is 0 Å². The van der Waals surface area contributed by atoms with Gasteiger partial charge in [0, 0.05) is 26.2 Å². The molecule has 1 aliphatic heterocycles. The molecule has 7 heteroatoms. The first-order valence-electron chi connectivity index (χ1n) is 8.20. The average Bonchev–Trinajstić information content (AvgIpc) is 2.44. The minimum Gasteiger partial charge on any atom is -0.444 e. The fourth-order valence-electron chi connectivity index (χ4n) is 2.49. The molecular formula is C16H32N2O5. The van der Waals surface area contributed by atoms with Crippen molar-refractivity contribution >= 4 is 6.09 Å². The third-order valence-electron chi connectivity index (χ3n) is 3.54. The molecular weight excluding hydrogens is 300 g/mol. The van der Waals surface area contributed by atoms with Crippen LogP contribution >= 0.6 is 0 Å². The average molecular weight is 332 g/mol. The van der Waals surface area contributed by atoms with Crippen molar-refractivity contribution in [1.82, 2.24) is 10.2 Å². The lowest BCUT2D eigenvalue weighted by Gasteiger charge is -2.37. The Morgan fingerprint density at radius 1 is 1.48 bits per heavy atom. The largest absolute Gasteiger partial charge is 0.444 e. The number of hydrogen-bond acceptors (Lipinski definition) is 6. The molecule has 1 rings (SSSR count). The third-order valence-corrected chi connectivity index (χ3v) is 3.54. The van der Waals surface area contributed by atoms with Gasteiger partial charge in [0.1, 0.15) is 5.60 Å². The number of carbonyl (C=O) groups excluding carboxylic acids is 1. The Kier molecular flexibility index (Phi) is 8.25. The van der Waals surface area contributed by atoms with Crippen LogP contribution in [0.2, 0.25) is 0 Å². The van der Waals surface area contributed by atoms with E-state index in [2.05, 4.69) is 5.32 Å². The van der Waals surface area contributed by atoms with E-state index in [1.807, 2.05) is 27.7 Å². The van der Waals surface area contributed by atoms with E-state index in [1.54, 1.807) is 12.0 Å². The molecule has 3 atom stereocenters. The molecule has 1 heterocycles. The fraction of sp³-hybridized carbons (Fsp3) is 0.938. The summed E-state index contributed by atoms with van der Waals surface area (Å²) < 4.78 is 15.9. The SMILES string of the molecule is COCC(O)CNC(C)CC1COCCN1C(=O)OC(C)(C)C. The molecule has 0 aliphatic carbocycles. The van der Waals surface area contributed by atoms with E-state index in [0.29, 0.717) is 32.9 Å². The van der Waals surface area contributed by atoms with E-state index >= 15 is 0 Å². The molecule has 1 aliphatic rings. The second kappa shape index (κ2) is 9.42. The first kappa shape index (κ1) is 20.2. The Balaban J connectivity index is 2.49. The van der Waals surface area contributed by atoms with Crippen LogP contribution < -0.4 is 5.32 Å². The van der Waals surface area contributed by atoms with Crippen LogP contribution in [0.1, 0.15) is 34.1 Å². The van der Waals surface area contributed by atoms with Crippen molar-refractivity contribution in [1.29, 1.82) is 0 Å². The van der Waals surface area contributed by atoms with Crippen molar-refractivity contribution in [2.45, 2.75) is 57.9 Å². The lowest BCUT2D eigenvalue weighted by Crippen LogP contribution is -2.52. The van der Waals surface area contributed by atoms with Gasteiger partial charge in [-0.05, 0) is 34.1 Å². The number of methoxy groups -OCH3 is 1. The van der Waals surface area contributed by atoms with E-state index in [4.69, 9.17) is 14.2 Å². The second-order valence-corrected chi connectivity index (χ2v) is 7.06. The van der Waals surface area contributed by atoms with Gasteiger partial charge in [-0.2, -0.15) is 0 Å². The fourth-order valence-corrected chi connectivity index (χ4v) is 2.49. The smallest absolute Gasteiger partial charge is 0.410 e. The highest BCUT2D eigenvalue weighted by atomic mass is 16.6. The van der Waals surface area contributed by atoms with Gasteiger partial charge in [-0.3, -0.25) is 0 Å². The van der Waals surface area contributed by atoms with Crippen LogP contribution in [-0.2, 0) is 14.2 Å². The van der Waals surface area contributed by atoms with E-state index in [0.717, 1.165) is 6.42 Å². The minimum absolute atomic E-state index is 0.0272. The summed E-state index contributed by atoms with van der Waals surface area (Å²) in [6.07, 6.45) is -0.0942. The summed E-state index contributed by atoms with van der Waals surface area (Å²) >= 11 is 0. The van der Waals surface area contributed by atoms with Crippen molar-refractivity contribution in [3.8, 4) is 0 Å². The van der Waals surface area contributed by atoms with Crippen LogP contribution in [-0.4, -0.2) is 79.9 Å². The molecule has 23 heavy (non-hydrogen) atoms. The molecule has 7 nitrogen and oxygen atoms in total. The second-order valence-electron chi connectivity index (χ2n) is 7.06. The summed E-state index contributed by atoms with van der Waals surface area (Å²) in [6.45, 7) is 9.95. The number of ether oxygens (including phenoxy) is 3. The summed E-state index contributed by atoms with van der Waals surface area (Å²) in [7, 11) is 1.56. The lowest BCUT2D eigenvalue weighted by molar-refractivity contribution is -0.0359. The number of aliphatic hydroxyl groups is 1. The number of nitrogens with zero attached hydrogens (tertiary/aromatic N) is 1. The van der Waals surface area contributed by atoms with Gasteiger partial charge in [-0.1, -0.05) is 0 Å². The zero-order valence-electron chi connectivity index (χ0n) is 15.0. The monoisotopic (exact) mass is 332 g/mol. The maximum atomic E-state index is 12.3. The van der Waals surface area contributed by atoms with Gasteiger partial charge >= 0.3 is 6.09 Å². The maximum absolute atomic E-state index is 12.3. The zero-order valence-corrected chi connectivity index (χ0v) is 15.0. The summed E-state index contributed by atoms with van der Waals surface area (Å²) in [4.78, 5) is 14.1. The van der Waals surface area contributed by atoms with Gasteiger partial charge in [0.05, 0.1) is 32.0 Å². The predicted molar refractivity (Wildman–Crippen MR) is 87.5 cm³/mol. The number of carbonyl (C=O) groups is 1. The molecule has 0 aromatic heterocycles. The van der Waals surface area contributed by atoms with Gasteiger partial charge < -0.3 is 29.5 Å². The normalized spacial score (nSPS) is 21.8. The Labute approximate surface area is 139 Å². The molecule has 1 amide bonds. The topological polar surface area (TPSA) is 80.3 Å². The van der Waals surface area contributed by atoms with Crippen LogP contribution in [0.4, 0.5) is 4.79 Å². The molecule has 3 unspecified atom stereocenters. The van der Waals surface area contributed by atoms with Gasteiger partial charge in [-0.25, -0.2) is 4.79 Å². The van der Waals surface area contributed by atoms with Crippen molar-refractivity contribution in [3.05, 3.63) is 0 Å². The Bertz CT molecular complexity index is 359. The van der Waals surface area contributed by atoms with Gasteiger partial charge in [0.15, 0.2) is 0 Å². The van der Waals surface area contributed by atoms with Crippen LogP contribution in [0, 0.1) is 0 Å². The quantitative estimate of drug-likeness (QED) is 0.724. The maximum Gasteiger partial charge on any atom is 0.410 e. The van der Waals surface area contributed by atoms with Crippen molar-refractivity contribution in [2.24, 2.45) is 0 Å². The van der Waals surface area contributed by atoms with Crippen molar-refractivity contribution in [2.75, 3.05) is 40.0 Å². The number of amides is 1. The zero-order chi connectivity index (χ0) is 17.5. The third kappa shape index (κ3) is 7.97. The highest BCUT2D eigenvalue weighted by molar-refractivity contribution is 5.68. The number of nitrogens with one attached hydrogen (secondary N) is 1. The van der Waals surface area contributed by atoms with Crippen LogP contribution in [0.25, 0.3) is 0 Å². The summed E-state index contributed by atoms with van der Waals surface area (Å²) in [5, 5.41) is 12.9. The molecule has 136 valence electrons. The van der Waals surface area contributed by atoms with Crippen molar-refractivity contribution in [3.63, 3.8) is 0 Å². The van der Waals surface area contributed by atoms with Crippen LogP contribution in [0.3, 0.4) is 0 Å². The lowest BCUT2D eigenvalue weighted by atomic mass is 10.1. The van der Waals surface area contributed by atoms with Crippen molar-refractivity contribution < 1.29 is 24.1 Å². The van der Waals surface area contributed by atoms with Gasteiger partial charge in [0.25, 0.3) is 0 Å². The van der Waals surface area contributed by atoms with E-state index in [1.165, 1.54) is 0 Å². The van der Waals surface area contributed by atoms with E-state index in [9.17, 15) is 9.90 Å². The van der Waals surface area contributed by atoms with Crippen LogP contribution in [0.15, 0.2) is 0 Å². The van der Waals surface area contributed by atoms with Gasteiger partial charge in [0.2, 0.25) is 0 Å². The molecule has 0 aromatic rings. The molecule has 1 fully saturated rings. The number of aliphatic hydroxyl groups excluding tert-OH is 1.